The molecule has 0 radical (unpaired) electrons. The Morgan fingerprint density at radius 3 is 2.75 bits per heavy atom. The smallest absolute Gasteiger partial charge is 0.128 e. The predicted molar refractivity (Wildman–Crippen MR) is 77.3 cm³/mol. The number of hydrogen-bond acceptors (Lipinski definition) is 2. The summed E-state index contributed by atoms with van der Waals surface area (Å²) in [6.45, 7) is 6.02. The standard InChI is InChI=1S/C16H24F2N2/c1-11(2)10-20-8-4-3-5-15(19)16(20)13-9-12(17)6-7-14(13)18/h6-7,9,11,15-16H,3-5,8,10,19H2,1-2H3. The summed E-state index contributed by atoms with van der Waals surface area (Å²) in [5.74, 6) is -0.288. The molecule has 2 atom stereocenters. The Balaban J connectivity index is 2.36. The highest BCUT2D eigenvalue weighted by Gasteiger charge is 2.31. The molecule has 2 unspecified atom stereocenters. The average molecular weight is 282 g/mol. The predicted octanol–water partition coefficient (Wildman–Crippen LogP) is 3.48. The van der Waals surface area contributed by atoms with E-state index in [4.69, 9.17) is 5.73 Å². The molecule has 1 heterocycles. The monoisotopic (exact) mass is 282 g/mol. The number of nitrogens with two attached hydrogens (primary N) is 1. The van der Waals surface area contributed by atoms with E-state index in [1.807, 2.05) is 0 Å². The Kier molecular flexibility index (Phi) is 5.11. The van der Waals surface area contributed by atoms with E-state index in [1.54, 1.807) is 0 Å². The number of nitrogens with zero attached hydrogens (tertiary/aromatic N) is 1. The van der Waals surface area contributed by atoms with Gasteiger partial charge >= 0.3 is 0 Å². The third-order valence-corrected chi connectivity index (χ3v) is 3.91. The van der Waals surface area contributed by atoms with Crippen molar-refractivity contribution in [1.29, 1.82) is 0 Å². The van der Waals surface area contributed by atoms with Crippen LogP contribution in [0.2, 0.25) is 0 Å². The first-order chi connectivity index (χ1) is 9.49. The SMILES string of the molecule is CC(C)CN1CCCCC(N)C1c1cc(F)ccc1F. The van der Waals surface area contributed by atoms with E-state index >= 15 is 0 Å². The van der Waals surface area contributed by atoms with E-state index in [-0.39, 0.29) is 17.9 Å². The highest BCUT2D eigenvalue weighted by molar-refractivity contribution is 5.24. The van der Waals surface area contributed by atoms with Gasteiger partial charge in [-0.15, -0.1) is 0 Å². The minimum absolute atomic E-state index is 0.146. The van der Waals surface area contributed by atoms with E-state index in [0.29, 0.717) is 11.5 Å². The minimum Gasteiger partial charge on any atom is -0.326 e. The Hall–Kier alpha value is -1.00. The van der Waals surface area contributed by atoms with E-state index in [1.165, 1.54) is 12.1 Å². The zero-order valence-corrected chi connectivity index (χ0v) is 12.3. The minimum atomic E-state index is -0.401. The van der Waals surface area contributed by atoms with Crippen molar-refractivity contribution in [2.75, 3.05) is 13.1 Å². The fraction of sp³-hybridized carbons (Fsp3) is 0.625. The maximum atomic E-state index is 14.1. The van der Waals surface area contributed by atoms with Gasteiger partial charge in [-0.3, -0.25) is 4.90 Å². The molecule has 112 valence electrons. The summed E-state index contributed by atoms with van der Waals surface area (Å²) in [7, 11) is 0. The van der Waals surface area contributed by atoms with Crippen LogP contribution in [0.1, 0.15) is 44.7 Å². The molecule has 0 aliphatic carbocycles. The molecule has 20 heavy (non-hydrogen) atoms. The molecule has 2 rings (SSSR count). The lowest BCUT2D eigenvalue weighted by Gasteiger charge is -2.35. The first-order valence-corrected chi connectivity index (χ1v) is 7.43. The zero-order chi connectivity index (χ0) is 14.7. The van der Waals surface area contributed by atoms with Crippen molar-refractivity contribution in [3.63, 3.8) is 0 Å². The molecular formula is C16H24F2N2. The Bertz CT molecular complexity index is 448. The second kappa shape index (κ2) is 6.64. The number of hydrogen-bond donors (Lipinski definition) is 1. The lowest BCUT2D eigenvalue weighted by molar-refractivity contribution is 0.162. The van der Waals surface area contributed by atoms with Crippen LogP contribution >= 0.6 is 0 Å². The topological polar surface area (TPSA) is 29.3 Å². The molecule has 0 spiro atoms. The van der Waals surface area contributed by atoms with Crippen molar-refractivity contribution in [2.45, 2.75) is 45.2 Å². The summed E-state index contributed by atoms with van der Waals surface area (Å²) in [6.07, 6.45) is 2.96. The molecule has 2 nitrogen and oxygen atoms in total. The number of halogens is 2. The lowest BCUT2D eigenvalue weighted by atomic mass is 9.95. The normalized spacial score (nSPS) is 24.9. The molecule has 1 saturated heterocycles. The second-order valence-corrected chi connectivity index (χ2v) is 6.16. The fourth-order valence-corrected chi connectivity index (χ4v) is 3.11. The molecule has 1 fully saturated rings. The van der Waals surface area contributed by atoms with Crippen molar-refractivity contribution < 1.29 is 8.78 Å². The maximum Gasteiger partial charge on any atom is 0.128 e. The van der Waals surface area contributed by atoms with E-state index in [0.717, 1.165) is 38.4 Å². The van der Waals surface area contributed by atoms with Crippen LogP contribution in [0.4, 0.5) is 8.78 Å². The van der Waals surface area contributed by atoms with E-state index in [9.17, 15) is 8.78 Å². The molecule has 0 saturated carbocycles. The van der Waals surface area contributed by atoms with Crippen LogP contribution in [0.15, 0.2) is 18.2 Å². The summed E-state index contributed by atoms with van der Waals surface area (Å²) < 4.78 is 27.6. The van der Waals surface area contributed by atoms with Gasteiger partial charge in [0.25, 0.3) is 0 Å². The summed E-state index contributed by atoms with van der Waals surface area (Å²) in [5, 5.41) is 0. The second-order valence-electron chi connectivity index (χ2n) is 6.16. The lowest BCUT2D eigenvalue weighted by Crippen LogP contribution is -2.41. The quantitative estimate of drug-likeness (QED) is 0.919. The van der Waals surface area contributed by atoms with Gasteiger partial charge in [-0.1, -0.05) is 20.3 Å². The molecule has 1 aliphatic heterocycles. The van der Waals surface area contributed by atoms with Gasteiger partial charge in [-0.05, 0) is 43.5 Å². The molecule has 1 aliphatic rings. The molecule has 1 aromatic rings. The zero-order valence-electron chi connectivity index (χ0n) is 12.3. The highest BCUT2D eigenvalue weighted by Crippen LogP contribution is 2.32. The van der Waals surface area contributed by atoms with Crippen LogP contribution in [0, 0.1) is 17.6 Å². The Morgan fingerprint density at radius 2 is 2.05 bits per heavy atom. The van der Waals surface area contributed by atoms with Gasteiger partial charge in [0.1, 0.15) is 11.6 Å². The third-order valence-electron chi connectivity index (χ3n) is 3.91. The fourth-order valence-electron chi connectivity index (χ4n) is 3.11. The van der Waals surface area contributed by atoms with Crippen molar-refractivity contribution in [2.24, 2.45) is 11.7 Å². The van der Waals surface area contributed by atoms with Gasteiger partial charge in [0.2, 0.25) is 0 Å². The molecular weight excluding hydrogens is 258 g/mol. The Labute approximate surface area is 120 Å². The third kappa shape index (κ3) is 3.55. The largest absolute Gasteiger partial charge is 0.326 e. The van der Waals surface area contributed by atoms with Crippen LogP contribution in [0.25, 0.3) is 0 Å². The van der Waals surface area contributed by atoms with Crippen LogP contribution in [0.3, 0.4) is 0 Å². The van der Waals surface area contributed by atoms with Crippen molar-refractivity contribution >= 4 is 0 Å². The number of rotatable bonds is 3. The molecule has 4 heteroatoms. The molecule has 1 aromatic carbocycles. The van der Waals surface area contributed by atoms with Crippen LogP contribution < -0.4 is 5.73 Å². The maximum absolute atomic E-state index is 14.1. The Morgan fingerprint density at radius 1 is 1.30 bits per heavy atom. The average Bonchev–Trinajstić information content (AvgIpc) is 2.54. The van der Waals surface area contributed by atoms with Gasteiger partial charge in [0.05, 0.1) is 6.04 Å². The van der Waals surface area contributed by atoms with Crippen LogP contribution in [-0.4, -0.2) is 24.0 Å². The van der Waals surface area contributed by atoms with Gasteiger partial charge in [0.15, 0.2) is 0 Å². The van der Waals surface area contributed by atoms with Gasteiger partial charge in [-0.25, -0.2) is 8.78 Å². The van der Waals surface area contributed by atoms with E-state index in [2.05, 4.69) is 18.7 Å². The van der Waals surface area contributed by atoms with E-state index < -0.39 is 5.82 Å². The molecule has 0 aromatic heterocycles. The summed E-state index contributed by atoms with van der Waals surface area (Å²) in [4.78, 5) is 2.22. The summed E-state index contributed by atoms with van der Waals surface area (Å²) in [6, 6.07) is 3.30. The van der Waals surface area contributed by atoms with Crippen molar-refractivity contribution in [3.05, 3.63) is 35.4 Å². The first-order valence-electron chi connectivity index (χ1n) is 7.43. The van der Waals surface area contributed by atoms with Crippen LogP contribution in [0.5, 0.6) is 0 Å². The summed E-state index contributed by atoms with van der Waals surface area (Å²) >= 11 is 0. The van der Waals surface area contributed by atoms with Gasteiger partial charge in [-0.2, -0.15) is 0 Å². The molecule has 0 bridgehead atoms. The molecule has 0 amide bonds. The van der Waals surface area contributed by atoms with Crippen molar-refractivity contribution in [1.82, 2.24) is 4.90 Å². The first kappa shape index (κ1) is 15.4. The number of likely N-dealkylation sites (tertiary alicyclic amines) is 1. The summed E-state index contributed by atoms with van der Waals surface area (Å²) in [5.41, 5.74) is 6.67. The number of benzene rings is 1. The van der Waals surface area contributed by atoms with Crippen LogP contribution in [-0.2, 0) is 0 Å². The molecule has 2 N–H and O–H groups in total. The van der Waals surface area contributed by atoms with Gasteiger partial charge in [0, 0.05) is 18.2 Å². The van der Waals surface area contributed by atoms with Crippen molar-refractivity contribution in [3.8, 4) is 0 Å². The highest BCUT2D eigenvalue weighted by atomic mass is 19.1. The van der Waals surface area contributed by atoms with Gasteiger partial charge < -0.3 is 5.73 Å².